The lowest BCUT2D eigenvalue weighted by Crippen LogP contribution is -2.13. The summed E-state index contributed by atoms with van der Waals surface area (Å²) >= 11 is 1.39. The van der Waals surface area contributed by atoms with Crippen LogP contribution in [0.15, 0.2) is 18.2 Å². The Kier molecular flexibility index (Phi) is 5.16. The molecule has 0 aliphatic heterocycles. The van der Waals surface area contributed by atoms with Gasteiger partial charge in [-0.2, -0.15) is 5.26 Å². The topological polar surface area (TPSA) is 128 Å². The minimum absolute atomic E-state index is 0.128. The van der Waals surface area contributed by atoms with Crippen molar-refractivity contribution in [1.82, 2.24) is 0 Å². The summed E-state index contributed by atoms with van der Waals surface area (Å²) in [4.78, 5) is 24.3. The van der Waals surface area contributed by atoms with E-state index in [2.05, 4.69) is 16.7 Å². The molecule has 134 valence electrons. The summed E-state index contributed by atoms with van der Waals surface area (Å²) in [7, 11) is 0. The number of nitrogens with zero attached hydrogens (tertiary/aromatic N) is 2. The third-order valence-electron chi connectivity index (χ3n) is 4.14. The van der Waals surface area contributed by atoms with Crippen molar-refractivity contribution < 1.29 is 14.8 Å². The van der Waals surface area contributed by atoms with Gasteiger partial charge in [-0.05, 0) is 37.0 Å². The molecule has 1 amide bonds. The molecule has 26 heavy (non-hydrogen) atoms. The predicted octanol–water partition coefficient (Wildman–Crippen LogP) is 2.67. The molecule has 1 heterocycles. The van der Waals surface area contributed by atoms with Gasteiger partial charge in [0.25, 0.3) is 11.6 Å². The standard InChI is InChI=1S/C17H16N4O4S/c18-9-12-11-2-1-3-15(11)26-17(12)20-16(23)10-4-5-13(19-6-7-22)14(8-10)21(24)25/h4-5,8,19,22H,1-3,6-7H2,(H,20,23). The molecule has 3 N–H and O–H groups in total. The van der Waals surface area contributed by atoms with Crippen molar-refractivity contribution in [3.05, 3.63) is 49.9 Å². The molecule has 0 saturated heterocycles. The molecule has 0 saturated carbocycles. The Bertz CT molecular complexity index is 916. The first-order valence-corrected chi connectivity index (χ1v) is 8.86. The number of thiophene rings is 1. The molecular formula is C17H16N4O4S. The fourth-order valence-electron chi connectivity index (χ4n) is 2.95. The van der Waals surface area contributed by atoms with Gasteiger partial charge in [-0.25, -0.2) is 0 Å². The first kappa shape index (κ1) is 17.8. The van der Waals surface area contributed by atoms with Crippen LogP contribution >= 0.6 is 11.3 Å². The van der Waals surface area contributed by atoms with Gasteiger partial charge in [0.2, 0.25) is 0 Å². The first-order chi connectivity index (χ1) is 12.5. The summed E-state index contributed by atoms with van der Waals surface area (Å²) in [6, 6.07) is 6.23. The summed E-state index contributed by atoms with van der Waals surface area (Å²) < 4.78 is 0. The molecule has 1 aliphatic carbocycles. The van der Waals surface area contributed by atoms with E-state index in [4.69, 9.17) is 5.11 Å². The van der Waals surface area contributed by atoms with E-state index in [9.17, 15) is 20.2 Å². The Morgan fingerprint density at radius 3 is 2.92 bits per heavy atom. The number of hydrogen-bond acceptors (Lipinski definition) is 7. The molecule has 1 aromatic carbocycles. The lowest BCUT2D eigenvalue weighted by Gasteiger charge is -2.08. The van der Waals surface area contributed by atoms with Crippen molar-refractivity contribution in [2.75, 3.05) is 23.8 Å². The van der Waals surface area contributed by atoms with Crippen LogP contribution in [0.4, 0.5) is 16.4 Å². The number of fused-ring (bicyclic) bond motifs is 1. The maximum absolute atomic E-state index is 12.5. The van der Waals surface area contributed by atoms with E-state index in [1.807, 2.05) is 0 Å². The van der Waals surface area contributed by atoms with Crippen LogP contribution < -0.4 is 10.6 Å². The fraction of sp³-hybridized carbons (Fsp3) is 0.294. The molecule has 1 aliphatic rings. The average Bonchev–Trinajstić information content (AvgIpc) is 3.20. The lowest BCUT2D eigenvalue weighted by molar-refractivity contribution is -0.384. The monoisotopic (exact) mass is 372 g/mol. The van der Waals surface area contributed by atoms with Gasteiger partial charge >= 0.3 is 0 Å². The minimum Gasteiger partial charge on any atom is -0.395 e. The van der Waals surface area contributed by atoms with Gasteiger partial charge in [-0.15, -0.1) is 11.3 Å². The number of amides is 1. The van der Waals surface area contributed by atoms with Gasteiger partial charge in [0.1, 0.15) is 16.8 Å². The van der Waals surface area contributed by atoms with Gasteiger partial charge in [0.15, 0.2) is 0 Å². The molecule has 0 spiro atoms. The second-order valence-corrected chi connectivity index (χ2v) is 6.87. The number of carbonyl (C=O) groups is 1. The minimum atomic E-state index is -0.586. The van der Waals surface area contributed by atoms with E-state index in [1.165, 1.54) is 29.5 Å². The molecule has 1 aromatic heterocycles. The highest BCUT2D eigenvalue weighted by molar-refractivity contribution is 7.16. The van der Waals surface area contributed by atoms with Crippen LogP contribution in [0.25, 0.3) is 0 Å². The number of anilines is 2. The summed E-state index contributed by atoms with van der Waals surface area (Å²) in [6.45, 7) is -0.00195. The van der Waals surface area contributed by atoms with Crippen LogP contribution in [0.3, 0.4) is 0 Å². The largest absolute Gasteiger partial charge is 0.395 e. The average molecular weight is 372 g/mol. The third-order valence-corrected chi connectivity index (χ3v) is 5.35. The van der Waals surface area contributed by atoms with Gasteiger partial charge in [-0.3, -0.25) is 14.9 Å². The maximum Gasteiger partial charge on any atom is 0.293 e. The number of hydrogen-bond donors (Lipinski definition) is 3. The molecule has 9 heteroatoms. The van der Waals surface area contributed by atoms with Crippen LogP contribution in [-0.2, 0) is 12.8 Å². The molecule has 0 bridgehead atoms. The Labute approximate surface area is 153 Å². The number of nitro benzene ring substituents is 1. The summed E-state index contributed by atoms with van der Waals surface area (Å²) in [5.41, 5.74) is 1.60. The zero-order chi connectivity index (χ0) is 18.7. The number of aryl methyl sites for hydroxylation is 1. The second kappa shape index (κ2) is 7.51. The molecule has 0 atom stereocenters. The van der Waals surface area contributed by atoms with Crippen molar-refractivity contribution in [3.63, 3.8) is 0 Å². The molecule has 0 radical (unpaired) electrons. The van der Waals surface area contributed by atoms with Crippen LogP contribution in [0, 0.1) is 21.4 Å². The van der Waals surface area contributed by atoms with E-state index in [0.29, 0.717) is 10.6 Å². The van der Waals surface area contributed by atoms with E-state index in [-0.39, 0.29) is 30.1 Å². The summed E-state index contributed by atoms with van der Waals surface area (Å²) in [5, 5.41) is 35.4. The number of carbonyl (C=O) groups excluding carboxylic acids is 1. The van der Waals surface area contributed by atoms with E-state index in [1.54, 1.807) is 0 Å². The predicted molar refractivity (Wildman–Crippen MR) is 97.7 cm³/mol. The number of aliphatic hydroxyl groups is 1. The van der Waals surface area contributed by atoms with Crippen LogP contribution in [0.2, 0.25) is 0 Å². The molecule has 3 rings (SSSR count). The van der Waals surface area contributed by atoms with Crippen molar-refractivity contribution in [2.24, 2.45) is 0 Å². The highest BCUT2D eigenvalue weighted by Gasteiger charge is 2.24. The summed E-state index contributed by atoms with van der Waals surface area (Å²) in [6.07, 6.45) is 2.75. The van der Waals surface area contributed by atoms with E-state index >= 15 is 0 Å². The van der Waals surface area contributed by atoms with Crippen molar-refractivity contribution in [2.45, 2.75) is 19.3 Å². The van der Waals surface area contributed by atoms with Crippen molar-refractivity contribution in [3.8, 4) is 6.07 Å². The number of nitrogens with one attached hydrogen (secondary N) is 2. The molecule has 2 aromatic rings. The summed E-state index contributed by atoms with van der Waals surface area (Å²) in [5.74, 6) is -0.502. The molecule has 8 nitrogen and oxygen atoms in total. The van der Waals surface area contributed by atoms with E-state index in [0.717, 1.165) is 29.7 Å². The Morgan fingerprint density at radius 2 is 2.23 bits per heavy atom. The lowest BCUT2D eigenvalue weighted by atomic mass is 10.1. The molecule has 0 fully saturated rings. The van der Waals surface area contributed by atoms with Crippen LogP contribution in [0.1, 0.15) is 32.8 Å². The number of rotatable bonds is 6. The molecular weight excluding hydrogens is 356 g/mol. The number of benzene rings is 1. The highest BCUT2D eigenvalue weighted by atomic mass is 32.1. The van der Waals surface area contributed by atoms with Gasteiger partial charge < -0.3 is 15.7 Å². The van der Waals surface area contributed by atoms with E-state index < -0.39 is 10.8 Å². The van der Waals surface area contributed by atoms with Gasteiger partial charge in [0.05, 0.1) is 17.1 Å². The first-order valence-electron chi connectivity index (χ1n) is 8.04. The maximum atomic E-state index is 12.5. The normalized spacial score (nSPS) is 12.3. The Morgan fingerprint density at radius 1 is 1.42 bits per heavy atom. The van der Waals surface area contributed by atoms with Crippen LogP contribution in [0.5, 0.6) is 0 Å². The fourth-order valence-corrected chi connectivity index (χ4v) is 4.18. The van der Waals surface area contributed by atoms with Crippen molar-refractivity contribution in [1.29, 1.82) is 5.26 Å². The van der Waals surface area contributed by atoms with Crippen molar-refractivity contribution >= 4 is 33.6 Å². The zero-order valence-electron chi connectivity index (χ0n) is 13.7. The third kappa shape index (κ3) is 3.37. The van der Waals surface area contributed by atoms with Gasteiger partial charge in [0, 0.05) is 23.1 Å². The van der Waals surface area contributed by atoms with Gasteiger partial charge in [-0.1, -0.05) is 0 Å². The number of nitro groups is 1. The number of aliphatic hydroxyl groups excluding tert-OH is 1. The van der Waals surface area contributed by atoms with Crippen LogP contribution in [-0.4, -0.2) is 29.1 Å². The second-order valence-electron chi connectivity index (χ2n) is 5.77. The SMILES string of the molecule is N#Cc1c(NC(=O)c2ccc(NCCO)c([N+](=O)[O-])c2)sc2c1CCC2. The Hall–Kier alpha value is -2.96. The molecule has 0 unspecified atom stereocenters. The zero-order valence-corrected chi connectivity index (χ0v) is 14.6. The quantitative estimate of drug-likeness (QED) is 0.528. The highest BCUT2D eigenvalue weighted by Crippen LogP contribution is 2.38. The number of nitriles is 1. The smallest absolute Gasteiger partial charge is 0.293 e. The Balaban J connectivity index is 1.86.